The van der Waals surface area contributed by atoms with Gasteiger partial charge in [-0.2, -0.15) is 0 Å². The second-order valence-corrected chi connectivity index (χ2v) is 10.3. The van der Waals surface area contributed by atoms with Crippen LogP contribution in [0.25, 0.3) is 21.8 Å². The van der Waals surface area contributed by atoms with Gasteiger partial charge in [-0.3, -0.25) is 4.90 Å². The third kappa shape index (κ3) is 3.31. The summed E-state index contributed by atoms with van der Waals surface area (Å²) in [7, 11) is 0. The van der Waals surface area contributed by atoms with E-state index in [2.05, 4.69) is 45.2 Å². The number of H-pyrrole nitrogens is 1. The number of hydrogen-bond acceptors (Lipinski definition) is 3. The topological polar surface area (TPSA) is 58.2 Å². The second kappa shape index (κ2) is 6.73. The highest BCUT2D eigenvalue weighted by Crippen LogP contribution is 2.47. The van der Waals surface area contributed by atoms with E-state index in [0.717, 1.165) is 44.9 Å². The number of amides is 1. The van der Waals surface area contributed by atoms with Crippen LogP contribution in [0.3, 0.4) is 0 Å². The maximum Gasteiger partial charge on any atom is 0.411 e. The molecule has 1 saturated carbocycles. The first kappa shape index (κ1) is 18.9. The van der Waals surface area contributed by atoms with E-state index >= 15 is 0 Å². The third-order valence-electron chi connectivity index (χ3n) is 6.21. The van der Waals surface area contributed by atoms with E-state index in [-0.39, 0.29) is 18.2 Å². The lowest BCUT2D eigenvalue weighted by Gasteiger charge is -2.31. The number of aromatic amines is 1. The van der Waals surface area contributed by atoms with Gasteiger partial charge in [0.25, 0.3) is 0 Å². The highest BCUT2D eigenvalue weighted by molar-refractivity contribution is 9.10. The van der Waals surface area contributed by atoms with Gasteiger partial charge in [0.1, 0.15) is 11.4 Å². The van der Waals surface area contributed by atoms with E-state index in [1.165, 1.54) is 12.8 Å². The van der Waals surface area contributed by atoms with Crippen molar-refractivity contribution >= 4 is 43.8 Å². The first-order valence-electron chi connectivity index (χ1n) is 10.4. The van der Waals surface area contributed by atoms with Crippen molar-refractivity contribution < 1.29 is 9.53 Å². The fraction of sp³-hybridized carbons (Fsp3) is 0.478. The fourth-order valence-electron chi connectivity index (χ4n) is 5.06. The maximum atomic E-state index is 13.1. The molecule has 2 aliphatic rings. The molecule has 2 heterocycles. The summed E-state index contributed by atoms with van der Waals surface area (Å²) in [5.41, 5.74) is 1.47. The van der Waals surface area contributed by atoms with Crippen molar-refractivity contribution in [2.75, 3.05) is 0 Å². The van der Waals surface area contributed by atoms with Crippen LogP contribution in [0.15, 0.2) is 34.8 Å². The van der Waals surface area contributed by atoms with Gasteiger partial charge in [0.15, 0.2) is 0 Å². The fourth-order valence-corrected chi connectivity index (χ4v) is 5.44. The number of fused-ring (bicyclic) bond motifs is 4. The zero-order valence-electron chi connectivity index (χ0n) is 17.0. The van der Waals surface area contributed by atoms with Crippen LogP contribution in [0.1, 0.15) is 58.3 Å². The number of nitrogens with one attached hydrogen (secondary N) is 1. The third-order valence-corrected chi connectivity index (χ3v) is 6.70. The molecule has 2 aromatic carbocycles. The molecule has 1 amide bonds. The standard InChI is InChI=1S/C23H26BrN3O2/c1-23(2,3)29-22(28)27-18-6-4-5-14(18)12-19(27)21-25-17-10-7-13-11-15(24)8-9-16(13)20(17)26-21/h7-11,14,18-19H,4-6,12H2,1-3H3,(H,25,26)/t14-,18-,19-/m0/s1. The Balaban J connectivity index is 1.56. The maximum absolute atomic E-state index is 13.1. The van der Waals surface area contributed by atoms with Crippen LogP contribution in [0.4, 0.5) is 4.79 Å². The van der Waals surface area contributed by atoms with E-state index < -0.39 is 5.60 Å². The van der Waals surface area contributed by atoms with Crippen LogP contribution >= 0.6 is 15.9 Å². The molecule has 29 heavy (non-hydrogen) atoms. The van der Waals surface area contributed by atoms with Gasteiger partial charge in [-0.25, -0.2) is 9.78 Å². The van der Waals surface area contributed by atoms with Crippen molar-refractivity contribution in [1.29, 1.82) is 0 Å². The van der Waals surface area contributed by atoms with E-state index in [1.807, 2.05) is 31.7 Å². The monoisotopic (exact) mass is 455 g/mol. The zero-order chi connectivity index (χ0) is 20.3. The predicted molar refractivity (Wildman–Crippen MR) is 118 cm³/mol. The normalized spacial score (nSPS) is 24.4. The number of nitrogens with zero attached hydrogens (tertiary/aromatic N) is 2. The van der Waals surface area contributed by atoms with Gasteiger partial charge < -0.3 is 9.72 Å². The summed E-state index contributed by atoms with van der Waals surface area (Å²) in [6.45, 7) is 5.77. The first-order valence-corrected chi connectivity index (χ1v) is 11.2. The molecule has 3 aromatic rings. The van der Waals surface area contributed by atoms with Crippen LogP contribution in [0.5, 0.6) is 0 Å². The van der Waals surface area contributed by atoms with Crippen molar-refractivity contribution in [3.63, 3.8) is 0 Å². The molecule has 5 rings (SSSR count). The Kier molecular flexibility index (Phi) is 4.39. The van der Waals surface area contributed by atoms with Gasteiger partial charge in [-0.05, 0) is 69.5 Å². The molecule has 0 radical (unpaired) electrons. The number of likely N-dealkylation sites (tertiary alicyclic amines) is 1. The number of rotatable bonds is 1. The van der Waals surface area contributed by atoms with Gasteiger partial charge in [0.2, 0.25) is 0 Å². The van der Waals surface area contributed by atoms with Gasteiger partial charge in [0.05, 0.1) is 17.1 Å². The minimum Gasteiger partial charge on any atom is -0.444 e. The molecule has 152 valence electrons. The van der Waals surface area contributed by atoms with E-state index in [1.54, 1.807) is 0 Å². The predicted octanol–water partition coefficient (Wildman–Crippen LogP) is 6.33. The number of carbonyl (C=O) groups is 1. The molecule has 6 heteroatoms. The molecular formula is C23H26BrN3O2. The van der Waals surface area contributed by atoms with Gasteiger partial charge in [-0.1, -0.05) is 34.5 Å². The minimum absolute atomic E-state index is 0.0574. The van der Waals surface area contributed by atoms with Gasteiger partial charge in [0, 0.05) is 15.9 Å². The Morgan fingerprint density at radius 2 is 2.07 bits per heavy atom. The number of halogens is 1. The molecule has 2 fully saturated rings. The molecule has 1 aliphatic carbocycles. The van der Waals surface area contributed by atoms with Crippen molar-refractivity contribution in [2.45, 2.75) is 64.1 Å². The molecule has 0 bridgehead atoms. The van der Waals surface area contributed by atoms with Crippen LogP contribution in [0.2, 0.25) is 0 Å². The summed E-state index contributed by atoms with van der Waals surface area (Å²) in [6, 6.07) is 10.6. The lowest BCUT2D eigenvalue weighted by Crippen LogP contribution is -2.41. The molecule has 1 N–H and O–H groups in total. The lowest BCUT2D eigenvalue weighted by molar-refractivity contribution is 0.0130. The van der Waals surface area contributed by atoms with Gasteiger partial charge >= 0.3 is 6.09 Å². The van der Waals surface area contributed by atoms with Crippen LogP contribution in [0, 0.1) is 5.92 Å². The highest BCUT2D eigenvalue weighted by atomic mass is 79.9. The number of imidazole rings is 1. The minimum atomic E-state index is -0.504. The SMILES string of the molecule is CC(C)(C)OC(=O)N1[C@H](c2nc3c(ccc4cc(Br)ccc43)[nH]2)C[C@@H]2CCC[C@@H]21. The summed E-state index contributed by atoms with van der Waals surface area (Å²) in [5.74, 6) is 1.41. The van der Waals surface area contributed by atoms with Crippen molar-refractivity contribution in [3.05, 3.63) is 40.6 Å². The smallest absolute Gasteiger partial charge is 0.411 e. The number of ether oxygens (including phenoxy) is 1. The summed E-state index contributed by atoms with van der Waals surface area (Å²) in [4.78, 5) is 23.6. The van der Waals surface area contributed by atoms with Crippen molar-refractivity contribution in [2.24, 2.45) is 5.92 Å². The summed E-state index contributed by atoms with van der Waals surface area (Å²) in [5, 5.41) is 2.27. The molecule has 3 atom stereocenters. The van der Waals surface area contributed by atoms with Crippen LogP contribution in [-0.4, -0.2) is 32.6 Å². The second-order valence-electron chi connectivity index (χ2n) is 9.35. The Hall–Kier alpha value is -2.08. The summed E-state index contributed by atoms with van der Waals surface area (Å²) >= 11 is 3.54. The Labute approximate surface area is 178 Å². The Morgan fingerprint density at radius 1 is 1.24 bits per heavy atom. The average Bonchev–Trinajstić information content (AvgIpc) is 3.32. The lowest BCUT2D eigenvalue weighted by atomic mass is 10.0. The summed E-state index contributed by atoms with van der Waals surface area (Å²) < 4.78 is 6.83. The van der Waals surface area contributed by atoms with Crippen molar-refractivity contribution in [3.8, 4) is 0 Å². The largest absolute Gasteiger partial charge is 0.444 e. The first-order chi connectivity index (χ1) is 13.8. The Bertz CT molecular complexity index is 1100. The van der Waals surface area contributed by atoms with Gasteiger partial charge in [-0.15, -0.1) is 0 Å². The summed E-state index contributed by atoms with van der Waals surface area (Å²) in [6.07, 6.45) is 4.15. The molecule has 1 saturated heterocycles. The van der Waals surface area contributed by atoms with E-state index in [0.29, 0.717) is 5.92 Å². The molecule has 1 aliphatic heterocycles. The number of hydrogen-bond donors (Lipinski definition) is 1. The van der Waals surface area contributed by atoms with Crippen molar-refractivity contribution in [1.82, 2.24) is 14.9 Å². The molecule has 5 nitrogen and oxygen atoms in total. The quantitative estimate of drug-likeness (QED) is 0.466. The average molecular weight is 456 g/mol. The molecule has 1 aromatic heterocycles. The van der Waals surface area contributed by atoms with Crippen LogP contribution < -0.4 is 0 Å². The number of carbonyl (C=O) groups excluding carboxylic acids is 1. The zero-order valence-corrected chi connectivity index (χ0v) is 18.6. The highest BCUT2D eigenvalue weighted by Gasteiger charge is 2.48. The Morgan fingerprint density at radius 3 is 2.86 bits per heavy atom. The number of aromatic nitrogens is 2. The van der Waals surface area contributed by atoms with Crippen LogP contribution in [-0.2, 0) is 4.74 Å². The number of benzene rings is 2. The molecular weight excluding hydrogens is 430 g/mol. The van der Waals surface area contributed by atoms with E-state index in [4.69, 9.17) is 9.72 Å². The van der Waals surface area contributed by atoms with E-state index in [9.17, 15) is 4.79 Å². The molecule has 0 unspecified atom stereocenters. The molecule has 0 spiro atoms.